The highest BCUT2D eigenvalue weighted by molar-refractivity contribution is 5.94. The lowest BCUT2D eigenvalue weighted by molar-refractivity contribution is 0.0947. The normalized spacial score (nSPS) is 15.6. The molecular weight excluding hydrogens is 264 g/mol. The molecule has 5 heteroatoms. The summed E-state index contributed by atoms with van der Waals surface area (Å²) >= 11 is 0. The number of aromatic nitrogens is 1. The Morgan fingerprint density at radius 2 is 2.14 bits per heavy atom. The average Bonchev–Trinajstić information content (AvgIpc) is 3.00. The van der Waals surface area contributed by atoms with Crippen molar-refractivity contribution in [3.63, 3.8) is 0 Å². The zero-order valence-corrected chi connectivity index (χ0v) is 13.1. The summed E-state index contributed by atoms with van der Waals surface area (Å²) in [6, 6.07) is 4.13. The van der Waals surface area contributed by atoms with E-state index in [1.165, 1.54) is 25.7 Å². The molecule has 0 spiro atoms. The first-order valence-electron chi connectivity index (χ1n) is 7.85. The monoisotopic (exact) mass is 290 g/mol. The van der Waals surface area contributed by atoms with E-state index >= 15 is 0 Å². The molecule has 0 radical (unpaired) electrons. The maximum atomic E-state index is 12.2. The minimum absolute atomic E-state index is 0.0707. The second-order valence-electron chi connectivity index (χ2n) is 5.80. The lowest BCUT2D eigenvalue weighted by Gasteiger charge is -2.23. The van der Waals surface area contributed by atoms with Gasteiger partial charge in [0, 0.05) is 30.4 Å². The molecule has 0 saturated heterocycles. The number of hydrogen-bond donors (Lipinski definition) is 2. The summed E-state index contributed by atoms with van der Waals surface area (Å²) in [5, 5.41) is 2.97. The van der Waals surface area contributed by atoms with Crippen molar-refractivity contribution < 1.29 is 4.79 Å². The standard InChI is InChI=1S/C16H26N4O/c1-3-13-10-12(11-15(17)19-13)16(21)18-8-9-20(2)14-6-4-5-7-14/h10-11,14H,3-9H2,1-2H3,(H2,17,19)(H,18,21). The third kappa shape index (κ3) is 4.43. The molecule has 1 amide bonds. The predicted molar refractivity (Wildman–Crippen MR) is 85.2 cm³/mol. The van der Waals surface area contributed by atoms with Gasteiger partial charge in [-0.3, -0.25) is 4.79 Å². The second-order valence-corrected chi connectivity index (χ2v) is 5.80. The molecule has 2 rings (SSSR count). The molecule has 116 valence electrons. The molecule has 0 unspecified atom stereocenters. The van der Waals surface area contributed by atoms with Gasteiger partial charge in [-0.15, -0.1) is 0 Å². The summed E-state index contributed by atoms with van der Waals surface area (Å²) in [6.45, 7) is 3.55. The van der Waals surface area contributed by atoms with Gasteiger partial charge in [0.05, 0.1) is 0 Å². The molecule has 3 N–H and O–H groups in total. The number of nitrogens with zero attached hydrogens (tertiary/aromatic N) is 2. The summed E-state index contributed by atoms with van der Waals surface area (Å²) in [5.74, 6) is 0.334. The van der Waals surface area contributed by atoms with Crippen LogP contribution in [0, 0.1) is 0 Å². The number of hydrogen-bond acceptors (Lipinski definition) is 4. The van der Waals surface area contributed by atoms with Crippen molar-refractivity contribution in [3.05, 3.63) is 23.4 Å². The number of nitrogens with two attached hydrogens (primary N) is 1. The van der Waals surface area contributed by atoms with E-state index in [1.807, 2.05) is 13.0 Å². The number of anilines is 1. The van der Waals surface area contributed by atoms with Crippen molar-refractivity contribution >= 4 is 11.7 Å². The van der Waals surface area contributed by atoms with Gasteiger partial charge in [0.2, 0.25) is 0 Å². The van der Waals surface area contributed by atoms with Gasteiger partial charge < -0.3 is 16.0 Å². The Morgan fingerprint density at radius 1 is 1.43 bits per heavy atom. The number of pyridine rings is 1. The van der Waals surface area contributed by atoms with Gasteiger partial charge in [0.1, 0.15) is 5.82 Å². The predicted octanol–water partition coefficient (Wildman–Crippen LogP) is 1.83. The first-order chi connectivity index (χ1) is 10.1. The maximum absolute atomic E-state index is 12.2. The SMILES string of the molecule is CCc1cc(C(=O)NCCN(C)C2CCCC2)cc(N)n1. The van der Waals surface area contributed by atoms with E-state index in [2.05, 4.69) is 22.2 Å². The van der Waals surface area contributed by atoms with Crippen molar-refractivity contribution in [3.8, 4) is 0 Å². The summed E-state index contributed by atoms with van der Waals surface area (Å²) in [5.41, 5.74) is 7.18. The van der Waals surface area contributed by atoms with Gasteiger partial charge in [0.25, 0.3) is 5.91 Å². The van der Waals surface area contributed by atoms with Crippen LogP contribution in [-0.4, -0.2) is 42.0 Å². The molecule has 1 aromatic rings. The number of carbonyl (C=O) groups excluding carboxylic acids is 1. The molecule has 0 atom stereocenters. The van der Waals surface area contributed by atoms with E-state index in [9.17, 15) is 4.79 Å². The maximum Gasteiger partial charge on any atom is 0.251 e. The van der Waals surface area contributed by atoms with Crippen molar-refractivity contribution in [1.82, 2.24) is 15.2 Å². The van der Waals surface area contributed by atoms with Crippen LogP contribution in [0.25, 0.3) is 0 Å². The lowest BCUT2D eigenvalue weighted by atomic mass is 10.2. The molecule has 21 heavy (non-hydrogen) atoms. The van der Waals surface area contributed by atoms with Gasteiger partial charge in [-0.2, -0.15) is 0 Å². The molecule has 1 fully saturated rings. The molecule has 0 bridgehead atoms. The lowest BCUT2D eigenvalue weighted by Crippen LogP contribution is -2.37. The molecule has 0 aromatic carbocycles. The number of likely N-dealkylation sites (N-methyl/N-ethyl adjacent to an activating group) is 1. The molecule has 1 heterocycles. The summed E-state index contributed by atoms with van der Waals surface area (Å²) in [7, 11) is 2.14. The summed E-state index contributed by atoms with van der Waals surface area (Å²) in [6.07, 6.45) is 6.00. The van der Waals surface area contributed by atoms with E-state index in [-0.39, 0.29) is 5.91 Å². The number of rotatable bonds is 6. The second kappa shape index (κ2) is 7.41. The van der Waals surface area contributed by atoms with Crippen molar-refractivity contribution in [2.24, 2.45) is 0 Å². The Kier molecular flexibility index (Phi) is 5.56. The third-order valence-corrected chi connectivity index (χ3v) is 4.22. The van der Waals surface area contributed by atoms with Crippen molar-refractivity contribution in [2.75, 3.05) is 25.9 Å². The van der Waals surface area contributed by atoms with Crippen LogP contribution in [0.1, 0.15) is 48.7 Å². The number of aryl methyl sites for hydroxylation is 1. The highest BCUT2D eigenvalue weighted by atomic mass is 16.1. The van der Waals surface area contributed by atoms with Crippen molar-refractivity contribution in [2.45, 2.75) is 45.1 Å². The largest absolute Gasteiger partial charge is 0.384 e. The van der Waals surface area contributed by atoms with Crippen LogP contribution in [-0.2, 0) is 6.42 Å². The minimum atomic E-state index is -0.0707. The van der Waals surface area contributed by atoms with Crippen LogP contribution >= 0.6 is 0 Å². The molecule has 1 saturated carbocycles. The minimum Gasteiger partial charge on any atom is -0.384 e. The summed E-state index contributed by atoms with van der Waals surface area (Å²) in [4.78, 5) is 18.7. The van der Waals surface area contributed by atoms with Crippen LogP contribution in [0.5, 0.6) is 0 Å². The Bertz CT molecular complexity index is 483. The van der Waals surface area contributed by atoms with E-state index < -0.39 is 0 Å². The fourth-order valence-corrected chi connectivity index (χ4v) is 2.90. The van der Waals surface area contributed by atoms with Crippen LogP contribution in [0.15, 0.2) is 12.1 Å². The van der Waals surface area contributed by atoms with E-state index in [0.717, 1.165) is 18.7 Å². The Morgan fingerprint density at radius 3 is 2.81 bits per heavy atom. The van der Waals surface area contributed by atoms with E-state index in [0.29, 0.717) is 24.0 Å². The molecule has 0 aliphatic heterocycles. The van der Waals surface area contributed by atoms with Crippen LogP contribution in [0.4, 0.5) is 5.82 Å². The highest BCUT2D eigenvalue weighted by Crippen LogP contribution is 2.21. The van der Waals surface area contributed by atoms with Gasteiger partial charge in [-0.05, 0) is 38.4 Å². The molecule has 5 nitrogen and oxygen atoms in total. The average molecular weight is 290 g/mol. The fourth-order valence-electron chi connectivity index (χ4n) is 2.90. The van der Waals surface area contributed by atoms with Crippen LogP contribution in [0.3, 0.4) is 0 Å². The van der Waals surface area contributed by atoms with Crippen LogP contribution < -0.4 is 11.1 Å². The number of carbonyl (C=O) groups is 1. The first kappa shape index (κ1) is 15.8. The topological polar surface area (TPSA) is 71.2 Å². The quantitative estimate of drug-likeness (QED) is 0.838. The molecule has 1 aliphatic carbocycles. The van der Waals surface area contributed by atoms with Gasteiger partial charge >= 0.3 is 0 Å². The van der Waals surface area contributed by atoms with Crippen LogP contribution in [0.2, 0.25) is 0 Å². The van der Waals surface area contributed by atoms with E-state index in [4.69, 9.17) is 5.73 Å². The third-order valence-electron chi connectivity index (χ3n) is 4.22. The van der Waals surface area contributed by atoms with E-state index in [1.54, 1.807) is 6.07 Å². The zero-order chi connectivity index (χ0) is 15.2. The Hall–Kier alpha value is -1.62. The summed E-state index contributed by atoms with van der Waals surface area (Å²) < 4.78 is 0. The molecule has 1 aliphatic rings. The Labute approximate surface area is 126 Å². The number of nitrogens with one attached hydrogen (secondary N) is 1. The van der Waals surface area contributed by atoms with Gasteiger partial charge in [-0.25, -0.2) is 4.98 Å². The molecule has 1 aromatic heterocycles. The smallest absolute Gasteiger partial charge is 0.251 e. The first-order valence-corrected chi connectivity index (χ1v) is 7.85. The molecular formula is C16H26N4O. The zero-order valence-electron chi connectivity index (χ0n) is 13.1. The van der Waals surface area contributed by atoms with Crippen molar-refractivity contribution in [1.29, 1.82) is 0 Å². The number of amides is 1. The van der Waals surface area contributed by atoms with Gasteiger partial charge in [-0.1, -0.05) is 19.8 Å². The fraction of sp³-hybridized carbons (Fsp3) is 0.625. The number of nitrogen functional groups attached to an aromatic ring is 1. The Balaban J connectivity index is 1.82. The van der Waals surface area contributed by atoms with Gasteiger partial charge in [0.15, 0.2) is 0 Å². The highest BCUT2D eigenvalue weighted by Gasteiger charge is 2.19.